The Hall–Kier alpha value is -0.830. The first kappa shape index (κ1) is 7.80. The van der Waals surface area contributed by atoms with Crippen LogP contribution in [0.1, 0.15) is 25.0 Å². The van der Waals surface area contributed by atoms with Gasteiger partial charge in [0.1, 0.15) is 5.76 Å². The van der Waals surface area contributed by atoms with Gasteiger partial charge in [-0.2, -0.15) is 0 Å². The van der Waals surface area contributed by atoms with Gasteiger partial charge in [0.15, 0.2) is 0 Å². The molecule has 0 bridgehead atoms. The minimum Gasteiger partial charge on any atom is -0.360 e. The van der Waals surface area contributed by atoms with Crippen molar-refractivity contribution in [3.63, 3.8) is 0 Å². The Morgan fingerprint density at radius 1 is 1.58 bits per heavy atom. The molecule has 0 spiro atoms. The van der Waals surface area contributed by atoms with Gasteiger partial charge in [-0.05, 0) is 18.9 Å². The third-order valence-electron chi connectivity index (χ3n) is 2.22. The number of hydrogen-bond acceptors (Lipinski definition) is 3. The van der Waals surface area contributed by atoms with Crippen LogP contribution in [0.4, 0.5) is 0 Å². The minimum atomic E-state index is 0.812. The van der Waals surface area contributed by atoms with Crippen molar-refractivity contribution < 1.29 is 4.52 Å². The van der Waals surface area contributed by atoms with Gasteiger partial charge >= 0.3 is 0 Å². The summed E-state index contributed by atoms with van der Waals surface area (Å²) >= 11 is 0. The van der Waals surface area contributed by atoms with E-state index in [2.05, 4.69) is 10.5 Å². The van der Waals surface area contributed by atoms with Crippen LogP contribution in [0.15, 0.2) is 16.8 Å². The lowest BCUT2D eigenvalue weighted by atomic mass is 10.3. The highest BCUT2D eigenvalue weighted by molar-refractivity contribution is 4.91. The van der Waals surface area contributed by atoms with E-state index in [-0.39, 0.29) is 0 Å². The predicted octanol–water partition coefficient (Wildman–Crippen LogP) is 1.56. The van der Waals surface area contributed by atoms with Gasteiger partial charge < -0.3 is 9.84 Å². The fourth-order valence-electron chi connectivity index (χ4n) is 1.26. The van der Waals surface area contributed by atoms with Gasteiger partial charge in [0.25, 0.3) is 0 Å². The van der Waals surface area contributed by atoms with Crippen molar-refractivity contribution in [3.05, 3.63) is 18.0 Å². The van der Waals surface area contributed by atoms with Crippen LogP contribution >= 0.6 is 0 Å². The van der Waals surface area contributed by atoms with Crippen molar-refractivity contribution in [3.8, 4) is 0 Å². The SMILES string of the molecule is c1cc(CNCCC2CC2)on1. The molecule has 0 saturated heterocycles. The first-order valence-electron chi connectivity index (χ1n) is 4.55. The summed E-state index contributed by atoms with van der Waals surface area (Å²) in [5, 5.41) is 6.96. The lowest BCUT2D eigenvalue weighted by Crippen LogP contribution is -2.14. The molecule has 3 nitrogen and oxygen atoms in total. The summed E-state index contributed by atoms with van der Waals surface area (Å²) in [6.07, 6.45) is 5.86. The van der Waals surface area contributed by atoms with E-state index in [0.717, 1.165) is 24.8 Å². The van der Waals surface area contributed by atoms with Crippen LogP contribution in [0.5, 0.6) is 0 Å². The average molecular weight is 166 g/mol. The molecule has 0 aliphatic heterocycles. The molecule has 1 saturated carbocycles. The van der Waals surface area contributed by atoms with Gasteiger partial charge in [-0.3, -0.25) is 0 Å². The Morgan fingerprint density at radius 2 is 2.50 bits per heavy atom. The van der Waals surface area contributed by atoms with Gasteiger partial charge in [0, 0.05) is 6.07 Å². The second-order valence-corrected chi connectivity index (χ2v) is 3.39. The minimum absolute atomic E-state index is 0.812. The first-order chi connectivity index (χ1) is 5.95. The smallest absolute Gasteiger partial charge is 0.150 e. The van der Waals surface area contributed by atoms with E-state index in [1.807, 2.05) is 6.07 Å². The summed E-state index contributed by atoms with van der Waals surface area (Å²) in [7, 11) is 0. The maximum atomic E-state index is 4.94. The third-order valence-corrected chi connectivity index (χ3v) is 2.22. The van der Waals surface area contributed by atoms with E-state index in [4.69, 9.17) is 4.52 Å². The zero-order chi connectivity index (χ0) is 8.23. The van der Waals surface area contributed by atoms with Crippen LogP contribution in [-0.2, 0) is 6.54 Å². The Balaban J connectivity index is 1.56. The number of hydrogen-bond donors (Lipinski definition) is 1. The van der Waals surface area contributed by atoms with Crippen molar-refractivity contribution in [1.82, 2.24) is 10.5 Å². The Bertz CT molecular complexity index is 216. The van der Waals surface area contributed by atoms with Crippen LogP contribution in [0, 0.1) is 5.92 Å². The average Bonchev–Trinajstić information content (AvgIpc) is 2.76. The van der Waals surface area contributed by atoms with Gasteiger partial charge in [-0.1, -0.05) is 18.0 Å². The second-order valence-electron chi connectivity index (χ2n) is 3.39. The van der Waals surface area contributed by atoms with Gasteiger partial charge in [-0.15, -0.1) is 0 Å². The highest BCUT2D eigenvalue weighted by Gasteiger charge is 2.19. The van der Waals surface area contributed by atoms with E-state index < -0.39 is 0 Å². The van der Waals surface area contributed by atoms with E-state index in [1.54, 1.807) is 6.20 Å². The molecule has 2 rings (SSSR count). The maximum Gasteiger partial charge on any atom is 0.150 e. The van der Waals surface area contributed by atoms with E-state index in [0.29, 0.717) is 0 Å². The lowest BCUT2D eigenvalue weighted by molar-refractivity contribution is 0.372. The molecule has 1 heterocycles. The van der Waals surface area contributed by atoms with Crippen LogP contribution < -0.4 is 5.32 Å². The zero-order valence-corrected chi connectivity index (χ0v) is 7.12. The molecule has 0 amide bonds. The highest BCUT2D eigenvalue weighted by atomic mass is 16.5. The fraction of sp³-hybridized carbons (Fsp3) is 0.667. The molecule has 12 heavy (non-hydrogen) atoms. The van der Waals surface area contributed by atoms with E-state index in [9.17, 15) is 0 Å². The van der Waals surface area contributed by atoms with Crippen LogP contribution in [0.3, 0.4) is 0 Å². The van der Waals surface area contributed by atoms with E-state index >= 15 is 0 Å². The molecule has 0 atom stereocenters. The second kappa shape index (κ2) is 3.72. The quantitative estimate of drug-likeness (QED) is 0.675. The van der Waals surface area contributed by atoms with Crippen LogP contribution in [0.2, 0.25) is 0 Å². The molecule has 66 valence electrons. The van der Waals surface area contributed by atoms with Crippen molar-refractivity contribution in [2.45, 2.75) is 25.8 Å². The topological polar surface area (TPSA) is 38.1 Å². The number of nitrogens with zero attached hydrogens (tertiary/aromatic N) is 1. The zero-order valence-electron chi connectivity index (χ0n) is 7.12. The summed E-state index contributed by atoms with van der Waals surface area (Å²) in [5.74, 6) is 1.93. The van der Waals surface area contributed by atoms with Crippen molar-refractivity contribution in [2.75, 3.05) is 6.54 Å². The largest absolute Gasteiger partial charge is 0.360 e. The molecule has 1 aliphatic carbocycles. The number of rotatable bonds is 5. The molecule has 0 radical (unpaired) electrons. The van der Waals surface area contributed by atoms with Crippen molar-refractivity contribution in [2.24, 2.45) is 5.92 Å². The Labute approximate surface area is 72.1 Å². The predicted molar refractivity (Wildman–Crippen MR) is 45.6 cm³/mol. The van der Waals surface area contributed by atoms with Crippen molar-refractivity contribution >= 4 is 0 Å². The number of aromatic nitrogens is 1. The summed E-state index contributed by atoms with van der Waals surface area (Å²) < 4.78 is 4.94. The molecule has 1 N–H and O–H groups in total. The molecule has 1 aromatic rings. The van der Waals surface area contributed by atoms with E-state index in [1.165, 1.54) is 19.3 Å². The molecule has 1 aromatic heterocycles. The number of nitrogens with one attached hydrogen (secondary N) is 1. The van der Waals surface area contributed by atoms with Gasteiger partial charge in [-0.25, -0.2) is 0 Å². The Morgan fingerprint density at radius 3 is 3.17 bits per heavy atom. The first-order valence-corrected chi connectivity index (χ1v) is 4.55. The standard InChI is InChI=1S/C9H14N2O/c1-2-8(1)3-5-10-7-9-4-6-11-12-9/h4,6,8,10H,1-3,5,7H2. The summed E-state index contributed by atoms with van der Waals surface area (Å²) in [6, 6.07) is 1.89. The van der Waals surface area contributed by atoms with Gasteiger partial charge in [0.2, 0.25) is 0 Å². The monoisotopic (exact) mass is 166 g/mol. The summed E-state index contributed by atoms with van der Waals surface area (Å²) in [4.78, 5) is 0. The van der Waals surface area contributed by atoms with Crippen molar-refractivity contribution in [1.29, 1.82) is 0 Å². The molecular formula is C9H14N2O. The third kappa shape index (κ3) is 2.34. The molecule has 1 fully saturated rings. The molecule has 1 aliphatic rings. The molecule has 0 aromatic carbocycles. The maximum absolute atomic E-state index is 4.94. The fourth-order valence-corrected chi connectivity index (χ4v) is 1.26. The Kier molecular flexibility index (Phi) is 2.42. The normalized spacial score (nSPS) is 16.7. The molecule has 3 heteroatoms. The van der Waals surface area contributed by atoms with Crippen LogP contribution in [0.25, 0.3) is 0 Å². The van der Waals surface area contributed by atoms with Gasteiger partial charge in [0.05, 0.1) is 12.7 Å². The summed E-state index contributed by atoms with van der Waals surface area (Å²) in [5.41, 5.74) is 0. The summed E-state index contributed by atoms with van der Waals surface area (Å²) in [6.45, 7) is 1.91. The lowest BCUT2D eigenvalue weighted by Gasteiger charge is -1.99. The molecule has 0 unspecified atom stereocenters. The van der Waals surface area contributed by atoms with Crippen LogP contribution in [-0.4, -0.2) is 11.7 Å². The molecular weight excluding hydrogens is 152 g/mol. The highest BCUT2D eigenvalue weighted by Crippen LogP contribution is 2.31.